The Labute approximate surface area is 99.5 Å². The average molecular weight is 239 g/mol. The summed E-state index contributed by atoms with van der Waals surface area (Å²) < 4.78 is 26.2. The lowest BCUT2D eigenvalue weighted by Crippen LogP contribution is -2.40. The molecule has 2 atom stereocenters. The highest BCUT2D eigenvalue weighted by atomic mass is 19.1. The van der Waals surface area contributed by atoms with E-state index in [0.717, 1.165) is 18.2 Å². The van der Waals surface area contributed by atoms with Gasteiger partial charge in [0.15, 0.2) is 0 Å². The van der Waals surface area contributed by atoms with E-state index in [4.69, 9.17) is 5.26 Å². The average Bonchev–Trinajstić information content (AvgIpc) is 2.26. The lowest BCUT2D eigenvalue weighted by molar-refractivity contribution is -0.0384. The molecule has 1 aromatic rings. The van der Waals surface area contributed by atoms with Crippen LogP contribution in [0.5, 0.6) is 0 Å². The summed E-state index contributed by atoms with van der Waals surface area (Å²) in [6, 6.07) is 4.84. The number of hydrogen-bond donors (Lipinski definition) is 1. The molecule has 1 rings (SSSR count). The third-order valence-electron chi connectivity index (χ3n) is 3.45. The molecule has 0 bridgehead atoms. The van der Waals surface area contributed by atoms with Crippen LogP contribution in [0.3, 0.4) is 0 Å². The molecule has 1 aromatic carbocycles. The minimum Gasteiger partial charge on any atom is -0.384 e. The maximum Gasteiger partial charge on any atom is 0.126 e. The van der Waals surface area contributed by atoms with Gasteiger partial charge in [-0.3, -0.25) is 0 Å². The Bertz CT molecular complexity index is 445. The van der Waals surface area contributed by atoms with E-state index in [-0.39, 0.29) is 5.56 Å². The molecule has 4 heteroatoms. The summed E-state index contributed by atoms with van der Waals surface area (Å²) in [5, 5.41) is 19.5. The van der Waals surface area contributed by atoms with Crippen LogP contribution in [-0.4, -0.2) is 5.11 Å². The summed E-state index contributed by atoms with van der Waals surface area (Å²) in [5.74, 6) is -1.53. The minimum atomic E-state index is -1.61. The van der Waals surface area contributed by atoms with E-state index >= 15 is 0 Å². The fourth-order valence-electron chi connectivity index (χ4n) is 1.69. The predicted octanol–water partition coefficient (Wildman–Crippen LogP) is 3.11. The van der Waals surface area contributed by atoms with Crippen molar-refractivity contribution in [2.45, 2.75) is 32.8 Å². The second kappa shape index (κ2) is 4.42. The number of nitriles is 1. The summed E-state index contributed by atoms with van der Waals surface area (Å²) in [5.41, 5.74) is -2.65. The molecule has 0 aliphatic heterocycles. The van der Waals surface area contributed by atoms with Crippen LogP contribution in [0.15, 0.2) is 18.2 Å². The highest BCUT2D eigenvalue weighted by Crippen LogP contribution is 2.41. The van der Waals surface area contributed by atoms with Gasteiger partial charge in [0.25, 0.3) is 0 Å². The van der Waals surface area contributed by atoms with Crippen molar-refractivity contribution < 1.29 is 13.9 Å². The second-order valence-electron chi connectivity index (χ2n) is 4.53. The van der Waals surface area contributed by atoms with Crippen LogP contribution in [0, 0.1) is 28.4 Å². The topological polar surface area (TPSA) is 44.0 Å². The molecule has 0 aromatic heterocycles. The number of nitrogens with zero attached hydrogens (tertiary/aromatic N) is 1. The van der Waals surface area contributed by atoms with E-state index in [1.54, 1.807) is 13.8 Å². The van der Waals surface area contributed by atoms with Crippen LogP contribution < -0.4 is 0 Å². The minimum absolute atomic E-state index is 0.0703. The Morgan fingerprint density at radius 3 is 2.06 bits per heavy atom. The van der Waals surface area contributed by atoms with Gasteiger partial charge in [0.1, 0.15) is 17.2 Å². The van der Waals surface area contributed by atoms with Gasteiger partial charge in [0.05, 0.1) is 11.5 Å². The van der Waals surface area contributed by atoms with Crippen molar-refractivity contribution in [1.29, 1.82) is 5.26 Å². The Hall–Kier alpha value is -1.47. The summed E-state index contributed by atoms with van der Waals surface area (Å²) in [7, 11) is 0. The Kier molecular flexibility index (Phi) is 3.53. The van der Waals surface area contributed by atoms with Crippen LogP contribution in [0.1, 0.15) is 32.8 Å². The molecule has 92 valence electrons. The van der Waals surface area contributed by atoms with Crippen LogP contribution >= 0.6 is 0 Å². The van der Waals surface area contributed by atoms with E-state index in [9.17, 15) is 13.9 Å². The van der Waals surface area contributed by atoms with E-state index < -0.39 is 22.7 Å². The highest BCUT2D eigenvalue weighted by Gasteiger charge is 2.44. The predicted molar refractivity (Wildman–Crippen MR) is 59.9 cm³/mol. The first-order chi connectivity index (χ1) is 7.76. The first kappa shape index (κ1) is 13.6. The van der Waals surface area contributed by atoms with Crippen molar-refractivity contribution in [1.82, 2.24) is 0 Å². The maximum absolute atomic E-state index is 13.1. The maximum atomic E-state index is 13.1. The molecule has 0 radical (unpaired) electrons. The zero-order valence-electron chi connectivity index (χ0n) is 10.1. The van der Waals surface area contributed by atoms with Crippen molar-refractivity contribution in [3.05, 3.63) is 35.4 Å². The van der Waals surface area contributed by atoms with Crippen LogP contribution in [0.25, 0.3) is 0 Å². The van der Waals surface area contributed by atoms with Gasteiger partial charge in [-0.1, -0.05) is 6.92 Å². The molecule has 0 saturated heterocycles. The van der Waals surface area contributed by atoms with Crippen LogP contribution in [-0.2, 0) is 5.60 Å². The third kappa shape index (κ3) is 2.29. The number of hydrogen-bond acceptors (Lipinski definition) is 2. The number of aliphatic hydroxyl groups is 1. The van der Waals surface area contributed by atoms with Crippen molar-refractivity contribution >= 4 is 0 Å². The van der Waals surface area contributed by atoms with Crippen LogP contribution in [0.2, 0.25) is 0 Å². The second-order valence-corrected chi connectivity index (χ2v) is 4.53. The standard InChI is InChI=1S/C13H15F2NO/c1-4-12(2,8-16)13(3,17)9-5-10(14)7-11(15)6-9/h5-7,17H,4H2,1-3H3. The molecule has 0 aliphatic carbocycles. The number of rotatable bonds is 3. The van der Waals surface area contributed by atoms with Crippen molar-refractivity contribution in [2.75, 3.05) is 0 Å². The molecule has 1 N–H and O–H groups in total. The molecule has 0 amide bonds. The molecule has 0 fully saturated rings. The van der Waals surface area contributed by atoms with E-state index in [1.165, 1.54) is 6.92 Å². The summed E-state index contributed by atoms with van der Waals surface area (Å²) in [6.07, 6.45) is 0.370. The van der Waals surface area contributed by atoms with Crippen LogP contribution in [0.4, 0.5) is 8.78 Å². The van der Waals surface area contributed by atoms with Crippen molar-refractivity contribution in [3.63, 3.8) is 0 Å². The van der Waals surface area contributed by atoms with E-state index in [1.807, 2.05) is 6.07 Å². The highest BCUT2D eigenvalue weighted by molar-refractivity contribution is 5.28. The molecule has 0 saturated carbocycles. The number of halogens is 2. The lowest BCUT2D eigenvalue weighted by Gasteiger charge is -2.37. The van der Waals surface area contributed by atoms with Crippen molar-refractivity contribution in [3.8, 4) is 6.07 Å². The number of benzene rings is 1. The fraction of sp³-hybridized carbons (Fsp3) is 0.462. The van der Waals surface area contributed by atoms with Gasteiger partial charge in [-0.25, -0.2) is 8.78 Å². The smallest absolute Gasteiger partial charge is 0.126 e. The van der Waals surface area contributed by atoms with Gasteiger partial charge in [-0.2, -0.15) is 5.26 Å². The molecule has 2 nitrogen and oxygen atoms in total. The molecular weight excluding hydrogens is 224 g/mol. The van der Waals surface area contributed by atoms with Gasteiger partial charge in [0, 0.05) is 6.07 Å². The SMILES string of the molecule is CCC(C)(C#N)C(C)(O)c1cc(F)cc(F)c1. The largest absolute Gasteiger partial charge is 0.384 e. The normalized spacial score (nSPS) is 17.9. The molecular formula is C13H15F2NO. The summed E-state index contributed by atoms with van der Waals surface area (Å²) in [4.78, 5) is 0. The summed E-state index contributed by atoms with van der Waals surface area (Å²) >= 11 is 0. The zero-order chi connectivity index (χ0) is 13.3. The van der Waals surface area contributed by atoms with Gasteiger partial charge >= 0.3 is 0 Å². The van der Waals surface area contributed by atoms with Gasteiger partial charge < -0.3 is 5.11 Å². The van der Waals surface area contributed by atoms with E-state index in [0.29, 0.717) is 6.42 Å². The monoisotopic (exact) mass is 239 g/mol. The van der Waals surface area contributed by atoms with Gasteiger partial charge in [-0.05, 0) is 38.0 Å². The Morgan fingerprint density at radius 2 is 1.71 bits per heavy atom. The third-order valence-corrected chi connectivity index (χ3v) is 3.45. The summed E-state index contributed by atoms with van der Waals surface area (Å²) in [6.45, 7) is 4.71. The van der Waals surface area contributed by atoms with Gasteiger partial charge in [0.2, 0.25) is 0 Å². The molecule has 2 unspecified atom stereocenters. The molecule has 0 spiro atoms. The Morgan fingerprint density at radius 1 is 1.24 bits per heavy atom. The first-order valence-corrected chi connectivity index (χ1v) is 5.37. The first-order valence-electron chi connectivity index (χ1n) is 5.37. The molecule has 0 aliphatic rings. The lowest BCUT2D eigenvalue weighted by atomic mass is 9.70. The quantitative estimate of drug-likeness (QED) is 0.880. The fourth-order valence-corrected chi connectivity index (χ4v) is 1.69. The molecule has 0 heterocycles. The Balaban J connectivity index is 3.35. The molecule has 17 heavy (non-hydrogen) atoms. The van der Waals surface area contributed by atoms with Crippen molar-refractivity contribution in [2.24, 2.45) is 5.41 Å². The van der Waals surface area contributed by atoms with E-state index in [2.05, 4.69) is 0 Å². The van der Waals surface area contributed by atoms with Gasteiger partial charge in [-0.15, -0.1) is 0 Å². The zero-order valence-corrected chi connectivity index (χ0v) is 10.1.